The van der Waals surface area contributed by atoms with Crippen LogP contribution in [0.1, 0.15) is 44.9 Å². The Bertz CT molecular complexity index is 293. The third kappa shape index (κ3) is 2.41. The van der Waals surface area contributed by atoms with Crippen LogP contribution in [-0.2, 0) is 9.53 Å². The van der Waals surface area contributed by atoms with Crippen molar-refractivity contribution in [3.8, 4) is 0 Å². The number of nitrogens with one attached hydrogen (secondary N) is 1. The van der Waals surface area contributed by atoms with Gasteiger partial charge in [-0.15, -0.1) is 0 Å². The third-order valence-corrected chi connectivity index (χ3v) is 4.87. The summed E-state index contributed by atoms with van der Waals surface area (Å²) in [6.45, 7) is 2.94. The minimum absolute atomic E-state index is 0.118. The van der Waals surface area contributed by atoms with Crippen LogP contribution >= 0.6 is 0 Å². The van der Waals surface area contributed by atoms with Gasteiger partial charge in [-0.3, -0.25) is 4.79 Å². The second-order valence-electron chi connectivity index (χ2n) is 6.10. The van der Waals surface area contributed by atoms with E-state index in [0.717, 1.165) is 39.0 Å². The second kappa shape index (κ2) is 4.69. The van der Waals surface area contributed by atoms with E-state index in [1.54, 1.807) is 0 Å². The maximum absolute atomic E-state index is 12.3. The van der Waals surface area contributed by atoms with Crippen molar-refractivity contribution in [3.63, 3.8) is 0 Å². The van der Waals surface area contributed by atoms with Crippen molar-refractivity contribution in [3.05, 3.63) is 0 Å². The number of carbonyl (C=O) groups is 1. The molecule has 2 heterocycles. The van der Waals surface area contributed by atoms with Gasteiger partial charge in [0.2, 0.25) is 0 Å². The topological polar surface area (TPSA) is 38.3 Å². The van der Waals surface area contributed by atoms with Gasteiger partial charge in [-0.1, -0.05) is 0 Å². The van der Waals surface area contributed by atoms with Crippen molar-refractivity contribution in [2.45, 2.75) is 50.5 Å². The first-order chi connectivity index (χ1) is 8.27. The number of hydrogen-bond acceptors (Lipinski definition) is 3. The quantitative estimate of drug-likeness (QED) is 0.815. The Labute approximate surface area is 103 Å². The van der Waals surface area contributed by atoms with Gasteiger partial charge in [0.05, 0.1) is 5.60 Å². The molecule has 0 bridgehead atoms. The van der Waals surface area contributed by atoms with Crippen LogP contribution in [-0.4, -0.2) is 31.1 Å². The Morgan fingerprint density at radius 1 is 1.35 bits per heavy atom. The van der Waals surface area contributed by atoms with Crippen LogP contribution in [0.4, 0.5) is 0 Å². The van der Waals surface area contributed by atoms with Crippen LogP contribution in [0.2, 0.25) is 0 Å². The normalized spacial score (nSPS) is 35.8. The highest BCUT2D eigenvalue weighted by atomic mass is 16.5. The van der Waals surface area contributed by atoms with E-state index in [1.165, 1.54) is 25.7 Å². The monoisotopic (exact) mass is 237 g/mol. The lowest BCUT2D eigenvalue weighted by molar-refractivity contribution is -0.156. The fraction of sp³-hybridized carbons (Fsp3) is 0.929. The molecule has 0 aromatic rings. The van der Waals surface area contributed by atoms with E-state index < -0.39 is 0 Å². The lowest BCUT2D eigenvalue weighted by Gasteiger charge is -2.47. The summed E-state index contributed by atoms with van der Waals surface area (Å²) in [5.41, 5.74) is 0.118. The minimum atomic E-state index is 0.118. The number of rotatable bonds is 3. The molecule has 3 rings (SSSR count). The van der Waals surface area contributed by atoms with Gasteiger partial charge < -0.3 is 10.1 Å². The summed E-state index contributed by atoms with van der Waals surface area (Å²) in [6, 6.07) is 0. The first kappa shape index (κ1) is 11.7. The largest absolute Gasteiger partial charge is 0.375 e. The van der Waals surface area contributed by atoms with Crippen LogP contribution in [0.25, 0.3) is 0 Å². The number of ketones is 1. The van der Waals surface area contributed by atoms with Crippen molar-refractivity contribution in [1.82, 2.24) is 5.32 Å². The molecule has 0 amide bonds. The third-order valence-electron chi connectivity index (χ3n) is 4.87. The maximum Gasteiger partial charge on any atom is 0.136 e. The molecule has 17 heavy (non-hydrogen) atoms. The standard InChI is InChI=1S/C14H23NO2/c16-13(8-11-2-6-15-10-11)12-3-7-17-14(9-12)4-1-5-14/h11-12,15H,1-10H2. The predicted molar refractivity (Wildman–Crippen MR) is 65.9 cm³/mol. The first-order valence-electron chi connectivity index (χ1n) is 7.15. The molecular formula is C14H23NO2. The Morgan fingerprint density at radius 3 is 2.88 bits per heavy atom. The van der Waals surface area contributed by atoms with Gasteiger partial charge in [0.25, 0.3) is 0 Å². The van der Waals surface area contributed by atoms with Crippen LogP contribution in [0.3, 0.4) is 0 Å². The molecule has 2 saturated heterocycles. The highest BCUT2D eigenvalue weighted by Crippen LogP contribution is 2.44. The fourth-order valence-electron chi connectivity index (χ4n) is 3.56. The zero-order valence-electron chi connectivity index (χ0n) is 10.5. The molecule has 0 aromatic carbocycles. The summed E-state index contributed by atoms with van der Waals surface area (Å²) in [5, 5.41) is 3.34. The molecule has 3 heteroatoms. The molecule has 3 aliphatic rings. The van der Waals surface area contributed by atoms with Crippen LogP contribution in [0, 0.1) is 11.8 Å². The number of carbonyl (C=O) groups excluding carboxylic acids is 1. The highest BCUT2D eigenvalue weighted by Gasteiger charge is 2.44. The number of ether oxygens (including phenoxy) is 1. The van der Waals surface area contributed by atoms with E-state index in [4.69, 9.17) is 4.74 Å². The van der Waals surface area contributed by atoms with Crippen molar-refractivity contribution >= 4 is 5.78 Å². The molecule has 2 aliphatic heterocycles. The molecule has 3 fully saturated rings. The smallest absolute Gasteiger partial charge is 0.136 e. The molecule has 1 spiro atoms. The van der Waals surface area contributed by atoms with Crippen molar-refractivity contribution in [2.75, 3.05) is 19.7 Å². The van der Waals surface area contributed by atoms with Crippen molar-refractivity contribution in [2.24, 2.45) is 11.8 Å². The van der Waals surface area contributed by atoms with Gasteiger partial charge in [0.1, 0.15) is 5.78 Å². The molecule has 2 atom stereocenters. The van der Waals surface area contributed by atoms with Gasteiger partial charge in [-0.05, 0) is 57.5 Å². The van der Waals surface area contributed by atoms with Gasteiger partial charge in [-0.2, -0.15) is 0 Å². The summed E-state index contributed by atoms with van der Waals surface area (Å²) in [4.78, 5) is 12.3. The van der Waals surface area contributed by atoms with Gasteiger partial charge in [-0.25, -0.2) is 0 Å². The van der Waals surface area contributed by atoms with Crippen molar-refractivity contribution in [1.29, 1.82) is 0 Å². The Balaban J connectivity index is 1.53. The van der Waals surface area contributed by atoms with E-state index in [-0.39, 0.29) is 5.60 Å². The average Bonchev–Trinajstić information content (AvgIpc) is 2.80. The second-order valence-corrected chi connectivity index (χ2v) is 6.10. The lowest BCUT2D eigenvalue weighted by atomic mass is 9.70. The zero-order chi connectivity index (χ0) is 11.7. The van der Waals surface area contributed by atoms with E-state index in [9.17, 15) is 4.79 Å². The highest BCUT2D eigenvalue weighted by molar-refractivity contribution is 5.81. The zero-order valence-corrected chi connectivity index (χ0v) is 10.5. The molecule has 1 saturated carbocycles. The van der Waals surface area contributed by atoms with E-state index in [1.807, 2.05) is 0 Å². The molecule has 96 valence electrons. The summed E-state index contributed by atoms with van der Waals surface area (Å²) in [5.74, 6) is 1.40. The Hall–Kier alpha value is -0.410. The molecule has 3 nitrogen and oxygen atoms in total. The van der Waals surface area contributed by atoms with E-state index in [2.05, 4.69) is 5.32 Å². The Kier molecular flexibility index (Phi) is 3.22. The summed E-state index contributed by atoms with van der Waals surface area (Å²) in [6.07, 6.45) is 7.59. The van der Waals surface area contributed by atoms with Gasteiger partial charge in [0, 0.05) is 18.9 Å². The molecular weight excluding hydrogens is 214 g/mol. The van der Waals surface area contributed by atoms with Crippen molar-refractivity contribution < 1.29 is 9.53 Å². The van der Waals surface area contributed by atoms with Crippen LogP contribution in [0.5, 0.6) is 0 Å². The van der Waals surface area contributed by atoms with Crippen LogP contribution in [0.15, 0.2) is 0 Å². The summed E-state index contributed by atoms with van der Waals surface area (Å²) < 4.78 is 5.89. The van der Waals surface area contributed by atoms with Gasteiger partial charge >= 0.3 is 0 Å². The molecule has 0 aromatic heterocycles. The molecule has 0 radical (unpaired) electrons. The SMILES string of the molecule is O=C(CC1CCNC1)C1CCOC2(CCC2)C1. The van der Waals surface area contributed by atoms with E-state index >= 15 is 0 Å². The Morgan fingerprint density at radius 2 is 2.24 bits per heavy atom. The first-order valence-corrected chi connectivity index (χ1v) is 7.15. The molecule has 1 aliphatic carbocycles. The fourth-order valence-corrected chi connectivity index (χ4v) is 3.56. The minimum Gasteiger partial charge on any atom is -0.375 e. The lowest BCUT2D eigenvalue weighted by Crippen LogP contribution is -2.47. The summed E-state index contributed by atoms with van der Waals surface area (Å²) in [7, 11) is 0. The maximum atomic E-state index is 12.3. The molecule has 1 N–H and O–H groups in total. The summed E-state index contributed by atoms with van der Waals surface area (Å²) >= 11 is 0. The van der Waals surface area contributed by atoms with Gasteiger partial charge in [0.15, 0.2) is 0 Å². The number of hydrogen-bond donors (Lipinski definition) is 1. The molecule has 2 unspecified atom stereocenters. The average molecular weight is 237 g/mol. The predicted octanol–water partition coefficient (Wildman–Crippen LogP) is 1.90. The van der Waals surface area contributed by atoms with Crippen LogP contribution < -0.4 is 5.32 Å². The van der Waals surface area contributed by atoms with E-state index in [0.29, 0.717) is 17.6 Å². The number of Topliss-reactive ketones (excluding diaryl/α,β-unsaturated/α-hetero) is 1.